The fourth-order valence-electron chi connectivity index (χ4n) is 4.25. The molecular weight excluding hydrogens is 501 g/mol. The van der Waals surface area contributed by atoms with Crippen molar-refractivity contribution in [1.82, 2.24) is 29.6 Å². The van der Waals surface area contributed by atoms with E-state index in [1.807, 2.05) is 37.3 Å². The molecule has 13 heteroatoms. The molecule has 1 aliphatic heterocycles. The predicted molar refractivity (Wildman–Crippen MR) is 134 cm³/mol. The lowest BCUT2D eigenvalue weighted by atomic mass is 10.1. The molecule has 38 heavy (non-hydrogen) atoms. The van der Waals surface area contributed by atoms with Crippen molar-refractivity contribution < 1.29 is 22.8 Å². The van der Waals surface area contributed by atoms with E-state index in [0.29, 0.717) is 17.2 Å². The summed E-state index contributed by atoms with van der Waals surface area (Å²) in [6.07, 6.45) is -2.89. The van der Waals surface area contributed by atoms with Crippen LogP contribution in [0.3, 0.4) is 0 Å². The molecule has 0 radical (unpaired) electrons. The number of aryl methyl sites for hydroxylation is 1. The number of anilines is 3. The van der Waals surface area contributed by atoms with Gasteiger partial charge in [0, 0.05) is 18.8 Å². The van der Waals surface area contributed by atoms with E-state index in [-0.39, 0.29) is 36.8 Å². The van der Waals surface area contributed by atoms with Crippen LogP contribution in [0.1, 0.15) is 23.0 Å². The summed E-state index contributed by atoms with van der Waals surface area (Å²) in [6, 6.07) is 12.5. The zero-order valence-electron chi connectivity index (χ0n) is 20.5. The van der Waals surface area contributed by atoms with Crippen molar-refractivity contribution in [3.8, 4) is 5.82 Å². The first-order valence-corrected chi connectivity index (χ1v) is 11.7. The van der Waals surface area contributed by atoms with Gasteiger partial charge in [-0.1, -0.05) is 0 Å². The number of nitrogens with zero attached hydrogens (tertiary/aromatic N) is 7. The third kappa shape index (κ3) is 5.26. The van der Waals surface area contributed by atoms with Gasteiger partial charge in [-0.15, -0.1) is 5.10 Å². The molecule has 4 aromatic rings. The van der Waals surface area contributed by atoms with E-state index < -0.39 is 18.6 Å². The summed E-state index contributed by atoms with van der Waals surface area (Å²) >= 11 is 0. The van der Waals surface area contributed by atoms with Crippen LogP contribution in [0, 0.1) is 6.92 Å². The number of carbonyl (C=O) groups is 2. The lowest BCUT2D eigenvalue weighted by Gasteiger charge is -2.36. The Morgan fingerprint density at radius 1 is 1.08 bits per heavy atom. The maximum Gasteiger partial charge on any atom is 0.406 e. The molecule has 0 unspecified atom stereocenters. The number of piperazine rings is 1. The van der Waals surface area contributed by atoms with Crippen LogP contribution in [0.15, 0.2) is 48.8 Å². The molecule has 196 valence electrons. The van der Waals surface area contributed by atoms with Crippen molar-refractivity contribution in [3.05, 3.63) is 60.0 Å². The number of benzene rings is 1. The summed E-state index contributed by atoms with van der Waals surface area (Å²) in [4.78, 5) is 36.2. The third-order valence-electron chi connectivity index (χ3n) is 6.09. The number of nitrogens with one attached hydrogen (secondary N) is 1. The van der Waals surface area contributed by atoms with Crippen molar-refractivity contribution >= 4 is 40.0 Å². The van der Waals surface area contributed by atoms with Gasteiger partial charge < -0.3 is 15.1 Å². The first kappa shape index (κ1) is 25.1. The van der Waals surface area contributed by atoms with Gasteiger partial charge in [0.15, 0.2) is 11.6 Å². The van der Waals surface area contributed by atoms with E-state index in [4.69, 9.17) is 0 Å². The highest BCUT2D eigenvalue weighted by Crippen LogP contribution is 2.27. The minimum atomic E-state index is -4.48. The number of rotatable bonds is 6. The molecule has 0 atom stereocenters. The first-order valence-electron chi connectivity index (χ1n) is 11.7. The second-order valence-corrected chi connectivity index (χ2v) is 8.95. The Morgan fingerprint density at radius 3 is 2.58 bits per heavy atom. The number of amides is 1. The highest BCUT2D eigenvalue weighted by molar-refractivity contribution is 5.99. The number of carbonyl (C=O) groups excluding carboxylic acids is 2. The molecule has 1 amide bonds. The predicted octanol–water partition coefficient (Wildman–Crippen LogP) is 3.68. The summed E-state index contributed by atoms with van der Waals surface area (Å²) in [7, 11) is 0. The largest absolute Gasteiger partial charge is 0.406 e. The van der Waals surface area contributed by atoms with Gasteiger partial charge >= 0.3 is 6.18 Å². The Labute approximate surface area is 215 Å². The number of hydrogen-bond acceptors (Lipinski definition) is 8. The zero-order valence-corrected chi connectivity index (χ0v) is 20.5. The molecule has 1 aliphatic rings. The first-order chi connectivity index (χ1) is 18.1. The maximum atomic E-state index is 12.8. The molecule has 0 saturated carbocycles. The molecule has 0 spiro atoms. The van der Waals surface area contributed by atoms with Gasteiger partial charge in [-0.25, -0.2) is 9.97 Å². The third-order valence-corrected chi connectivity index (χ3v) is 6.09. The Kier molecular flexibility index (Phi) is 6.43. The van der Waals surface area contributed by atoms with Gasteiger partial charge in [0.25, 0.3) is 0 Å². The van der Waals surface area contributed by atoms with Gasteiger partial charge in [-0.05, 0) is 56.3 Å². The minimum absolute atomic E-state index is 0.111. The van der Waals surface area contributed by atoms with Crippen LogP contribution in [0.2, 0.25) is 0 Å². The SMILES string of the molecule is CC(=O)c1ccc(-n2cnc3cc(Nc4ccc(C)nn4)ccc32)nc1N1CCN(CC(F)(F)F)C(=O)C1. The molecule has 5 rings (SSSR count). The molecule has 0 aliphatic carbocycles. The lowest BCUT2D eigenvalue weighted by molar-refractivity contribution is -0.161. The summed E-state index contributed by atoms with van der Waals surface area (Å²) in [5, 5.41) is 11.3. The average Bonchev–Trinajstić information content (AvgIpc) is 3.29. The Morgan fingerprint density at radius 2 is 1.89 bits per heavy atom. The van der Waals surface area contributed by atoms with Gasteiger partial charge in [0.05, 0.1) is 28.8 Å². The van der Waals surface area contributed by atoms with Crippen LogP contribution < -0.4 is 10.2 Å². The zero-order chi connectivity index (χ0) is 27.0. The van der Waals surface area contributed by atoms with Crippen molar-refractivity contribution in [2.75, 3.05) is 36.4 Å². The monoisotopic (exact) mass is 524 g/mol. The molecule has 3 aromatic heterocycles. The lowest BCUT2D eigenvalue weighted by Crippen LogP contribution is -2.53. The highest BCUT2D eigenvalue weighted by Gasteiger charge is 2.36. The van der Waals surface area contributed by atoms with E-state index >= 15 is 0 Å². The molecular formula is C25H23F3N8O2. The number of fused-ring (bicyclic) bond motifs is 1. The molecule has 10 nitrogen and oxygen atoms in total. The van der Waals surface area contributed by atoms with Crippen LogP contribution in [-0.4, -0.2) is 73.7 Å². The van der Waals surface area contributed by atoms with Crippen molar-refractivity contribution in [3.63, 3.8) is 0 Å². The van der Waals surface area contributed by atoms with Crippen LogP contribution in [0.5, 0.6) is 0 Å². The molecule has 1 aromatic carbocycles. The number of imidazole rings is 1. The summed E-state index contributed by atoms with van der Waals surface area (Å²) in [5.41, 5.74) is 3.26. The number of ketones is 1. The minimum Gasteiger partial charge on any atom is -0.345 e. The second kappa shape index (κ2) is 9.72. The topological polar surface area (TPSA) is 109 Å². The quantitative estimate of drug-likeness (QED) is 0.381. The normalized spacial score (nSPS) is 14.3. The number of halogens is 3. The fraction of sp³-hybridized carbons (Fsp3) is 0.280. The maximum absolute atomic E-state index is 12.8. The van der Waals surface area contributed by atoms with Crippen molar-refractivity contribution in [2.24, 2.45) is 0 Å². The smallest absolute Gasteiger partial charge is 0.345 e. The van der Waals surface area contributed by atoms with Gasteiger partial charge in [-0.3, -0.25) is 14.2 Å². The number of alkyl halides is 3. The summed E-state index contributed by atoms with van der Waals surface area (Å²) in [6.45, 7) is 1.59. The molecule has 1 N–H and O–H groups in total. The van der Waals surface area contributed by atoms with E-state index in [1.165, 1.54) is 6.92 Å². The molecule has 1 fully saturated rings. The average molecular weight is 525 g/mol. The fourth-order valence-corrected chi connectivity index (χ4v) is 4.25. The van der Waals surface area contributed by atoms with Crippen LogP contribution in [-0.2, 0) is 4.79 Å². The number of Topliss-reactive ketones (excluding diaryl/α,β-unsaturated/α-hetero) is 1. The molecule has 1 saturated heterocycles. The van der Waals surface area contributed by atoms with E-state index in [0.717, 1.165) is 21.8 Å². The second-order valence-electron chi connectivity index (χ2n) is 8.95. The van der Waals surface area contributed by atoms with Gasteiger partial charge in [0.2, 0.25) is 5.91 Å². The molecule has 0 bridgehead atoms. The van der Waals surface area contributed by atoms with Crippen molar-refractivity contribution in [1.29, 1.82) is 0 Å². The van der Waals surface area contributed by atoms with E-state index in [2.05, 4.69) is 25.5 Å². The summed E-state index contributed by atoms with van der Waals surface area (Å²) < 4.78 is 40.2. The van der Waals surface area contributed by atoms with Crippen molar-refractivity contribution in [2.45, 2.75) is 20.0 Å². The van der Waals surface area contributed by atoms with E-state index in [9.17, 15) is 22.8 Å². The number of pyridine rings is 1. The Balaban J connectivity index is 1.43. The van der Waals surface area contributed by atoms with E-state index in [1.54, 1.807) is 27.9 Å². The molecule has 4 heterocycles. The van der Waals surface area contributed by atoms with Crippen LogP contribution >= 0.6 is 0 Å². The highest BCUT2D eigenvalue weighted by atomic mass is 19.4. The standard InChI is InChI=1S/C25H23F3N8O2/c1-15-3-7-21(33-32-15)30-17-4-6-20-19(11-17)29-14-36(20)22-8-5-18(16(2)37)24(31-22)34-9-10-35(23(38)12-34)13-25(26,27)28/h3-8,11,14H,9-10,12-13H2,1-2H3,(H,30,33). The van der Waals surface area contributed by atoms with Crippen LogP contribution in [0.25, 0.3) is 16.9 Å². The van der Waals surface area contributed by atoms with Gasteiger partial charge in [-0.2, -0.15) is 18.3 Å². The Bertz CT molecular complexity index is 1520. The van der Waals surface area contributed by atoms with Crippen LogP contribution in [0.4, 0.5) is 30.5 Å². The number of hydrogen-bond donors (Lipinski definition) is 1. The summed E-state index contributed by atoms with van der Waals surface area (Å²) in [5.74, 6) is 0.331. The Hall–Kier alpha value is -4.55. The van der Waals surface area contributed by atoms with Gasteiger partial charge in [0.1, 0.15) is 24.5 Å². The number of aromatic nitrogens is 5.